The highest BCUT2D eigenvalue weighted by atomic mass is 19.3. The second-order valence-electron chi connectivity index (χ2n) is 7.69. The van der Waals surface area contributed by atoms with E-state index in [4.69, 9.17) is 0 Å². The van der Waals surface area contributed by atoms with Gasteiger partial charge in [0.2, 0.25) is 5.78 Å². The second kappa shape index (κ2) is 7.59. The van der Waals surface area contributed by atoms with Crippen LogP contribution in [-0.4, -0.2) is 29.5 Å². The number of alkyl halides is 2. The molecule has 0 amide bonds. The molecule has 150 valence electrons. The number of aliphatic hydroxyl groups is 1. The Morgan fingerprint density at radius 3 is 2.31 bits per heavy atom. The summed E-state index contributed by atoms with van der Waals surface area (Å²) in [5, 5.41) is 9.96. The van der Waals surface area contributed by atoms with Crippen molar-refractivity contribution in [2.24, 2.45) is 9.98 Å². The normalized spacial score (nSPS) is 21.4. The molecule has 1 heterocycles. The van der Waals surface area contributed by atoms with E-state index in [0.29, 0.717) is 18.4 Å². The van der Waals surface area contributed by atoms with Crippen LogP contribution >= 0.6 is 0 Å². The highest BCUT2D eigenvalue weighted by molar-refractivity contribution is 6.17. The van der Waals surface area contributed by atoms with Gasteiger partial charge in [0, 0.05) is 30.8 Å². The number of carbonyl (C=O) groups is 1. The molecule has 4 nitrogen and oxygen atoms in total. The number of aliphatic imine (C=N–C) groups is 2. The Morgan fingerprint density at radius 1 is 1.07 bits per heavy atom. The maximum Gasteiger partial charge on any atom is 0.331 e. The lowest BCUT2D eigenvalue weighted by Crippen LogP contribution is -2.36. The number of ketones is 1. The number of benzene rings is 2. The van der Waals surface area contributed by atoms with E-state index in [9.17, 15) is 18.7 Å². The zero-order valence-electron chi connectivity index (χ0n) is 16.1. The molecule has 2 aromatic rings. The van der Waals surface area contributed by atoms with E-state index >= 15 is 0 Å². The molecule has 1 aliphatic heterocycles. The molecule has 0 bridgehead atoms. The number of hydrogen-bond acceptors (Lipinski definition) is 4. The summed E-state index contributed by atoms with van der Waals surface area (Å²) in [6, 6.07) is 12.7. The fourth-order valence-electron chi connectivity index (χ4n) is 4.15. The van der Waals surface area contributed by atoms with Gasteiger partial charge >= 0.3 is 5.92 Å². The van der Waals surface area contributed by atoms with E-state index in [-0.39, 0.29) is 29.6 Å². The summed E-state index contributed by atoms with van der Waals surface area (Å²) in [5.74, 6) is -4.99. The first-order valence-corrected chi connectivity index (χ1v) is 9.71. The maximum absolute atomic E-state index is 14.7. The molecule has 0 aromatic heterocycles. The van der Waals surface area contributed by atoms with Gasteiger partial charge in [-0.1, -0.05) is 42.5 Å². The van der Waals surface area contributed by atoms with Crippen LogP contribution in [0.15, 0.2) is 52.4 Å². The number of carbonyl (C=O) groups excluding carboxylic acids is 1. The minimum Gasteiger partial charge on any atom is -0.389 e. The van der Waals surface area contributed by atoms with Crippen molar-refractivity contribution in [2.45, 2.75) is 50.3 Å². The van der Waals surface area contributed by atoms with Crippen LogP contribution in [0.25, 0.3) is 0 Å². The molecule has 0 fully saturated rings. The molecular weight excluding hydrogens is 374 g/mol. The molecule has 29 heavy (non-hydrogen) atoms. The highest BCUT2D eigenvalue weighted by Crippen LogP contribution is 2.46. The van der Waals surface area contributed by atoms with E-state index in [1.807, 2.05) is 24.3 Å². The van der Waals surface area contributed by atoms with Crippen LogP contribution < -0.4 is 0 Å². The van der Waals surface area contributed by atoms with Gasteiger partial charge in [-0.15, -0.1) is 0 Å². The van der Waals surface area contributed by atoms with Gasteiger partial charge in [0.25, 0.3) is 0 Å². The van der Waals surface area contributed by atoms with Crippen molar-refractivity contribution in [1.29, 1.82) is 0 Å². The van der Waals surface area contributed by atoms with E-state index in [1.165, 1.54) is 13.0 Å². The van der Waals surface area contributed by atoms with Gasteiger partial charge in [-0.3, -0.25) is 14.8 Å². The van der Waals surface area contributed by atoms with Gasteiger partial charge in [-0.2, -0.15) is 8.78 Å². The first-order chi connectivity index (χ1) is 13.9. The Labute approximate surface area is 168 Å². The number of aliphatic hydroxyl groups excluding tert-OH is 1. The molecule has 2 atom stereocenters. The van der Waals surface area contributed by atoms with Crippen molar-refractivity contribution in [3.05, 3.63) is 70.3 Å². The molecule has 2 aliphatic rings. The highest BCUT2D eigenvalue weighted by Gasteiger charge is 2.49. The van der Waals surface area contributed by atoms with E-state index in [0.717, 1.165) is 11.1 Å². The van der Waals surface area contributed by atoms with Crippen LogP contribution in [0.5, 0.6) is 0 Å². The zero-order valence-corrected chi connectivity index (χ0v) is 16.1. The molecule has 2 aromatic carbocycles. The topological polar surface area (TPSA) is 62.0 Å². The Hall–Kier alpha value is -2.73. The minimum absolute atomic E-state index is 0.0789. The van der Waals surface area contributed by atoms with Crippen molar-refractivity contribution in [3.63, 3.8) is 0 Å². The number of hydrogen-bond donors (Lipinski definition) is 1. The number of Topliss-reactive ketones (excluding diaryl/α,β-unsaturated/α-hetero) is 1. The summed E-state index contributed by atoms with van der Waals surface area (Å²) in [5.41, 5.74) is 2.33. The Kier molecular flexibility index (Phi) is 5.13. The lowest BCUT2D eigenvalue weighted by atomic mass is 9.75. The Balaban J connectivity index is 1.60. The average Bonchev–Trinajstić information content (AvgIpc) is 3.20. The van der Waals surface area contributed by atoms with Crippen LogP contribution in [0, 0.1) is 0 Å². The predicted octanol–water partition coefficient (Wildman–Crippen LogP) is 4.15. The number of halogens is 2. The van der Waals surface area contributed by atoms with Crippen molar-refractivity contribution >= 4 is 18.2 Å². The van der Waals surface area contributed by atoms with E-state index < -0.39 is 17.8 Å². The predicted molar refractivity (Wildman–Crippen MR) is 108 cm³/mol. The Bertz CT molecular complexity index is 969. The minimum atomic E-state index is -3.56. The fraction of sp³-hybridized carbons (Fsp3) is 0.348. The maximum atomic E-state index is 14.7. The molecule has 1 N–H and O–H groups in total. The van der Waals surface area contributed by atoms with Gasteiger partial charge in [0.1, 0.15) is 6.17 Å². The summed E-state index contributed by atoms with van der Waals surface area (Å²) in [4.78, 5) is 20.7. The average molecular weight is 396 g/mol. The molecule has 1 aliphatic carbocycles. The lowest BCUT2D eigenvalue weighted by molar-refractivity contribution is -0.146. The smallest absolute Gasteiger partial charge is 0.331 e. The third-order valence-electron chi connectivity index (χ3n) is 5.62. The van der Waals surface area contributed by atoms with Gasteiger partial charge < -0.3 is 5.11 Å². The molecular formula is C23H22F2N2O2. The second-order valence-corrected chi connectivity index (χ2v) is 7.69. The van der Waals surface area contributed by atoms with Crippen LogP contribution in [0.1, 0.15) is 53.2 Å². The first-order valence-electron chi connectivity index (χ1n) is 9.71. The van der Waals surface area contributed by atoms with Crippen LogP contribution in [-0.2, 0) is 23.6 Å². The van der Waals surface area contributed by atoms with Crippen molar-refractivity contribution < 1.29 is 18.7 Å². The molecule has 6 heteroatoms. The third-order valence-corrected chi connectivity index (χ3v) is 5.62. The molecule has 1 unspecified atom stereocenters. The third kappa shape index (κ3) is 3.77. The summed E-state index contributed by atoms with van der Waals surface area (Å²) >= 11 is 0. The largest absolute Gasteiger partial charge is 0.389 e. The number of fused-ring (bicyclic) bond motifs is 1. The fourth-order valence-corrected chi connectivity index (χ4v) is 4.15. The molecule has 0 saturated heterocycles. The quantitative estimate of drug-likeness (QED) is 0.825. The van der Waals surface area contributed by atoms with Gasteiger partial charge in [-0.05, 0) is 41.5 Å². The first kappa shape index (κ1) is 19.6. The van der Waals surface area contributed by atoms with Crippen molar-refractivity contribution in [1.82, 2.24) is 0 Å². The monoisotopic (exact) mass is 396 g/mol. The van der Waals surface area contributed by atoms with E-state index in [2.05, 4.69) is 9.98 Å². The van der Waals surface area contributed by atoms with Crippen molar-refractivity contribution in [3.8, 4) is 0 Å². The summed E-state index contributed by atoms with van der Waals surface area (Å²) in [7, 11) is 0. The molecule has 4 rings (SSSR count). The Morgan fingerprint density at radius 2 is 1.69 bits per heavy atom. The SMILES string of the molecule is C[C@H](O)c1cccc2c1C(F)(F)C(=O)CC2Cc1ccc(CC2N=CC=N2)cc1. The molecule has 0 saturated carbocycles. The van der Waals surface area contributed by atoms with Gasteiger partial charge in [-0.25, -0.2) is 0 Å². The summed E-state index contributed by atoms with van der Waals surface area (Å²) in [6.07, 6.45) is 3.21. The van der Waals surface area contributed by atoms with E-state index in [1.54, 1.807) is 24.6 Å². The van der Waals surface area contributed by atoms with Gasteiger partial charge in [0.05, 0.1) is 6.10 Å². The van der Waals surface area contributed by atoms with Crippen molar-refractivity contribution in [2.75, 3.05) is 0 Å². The lowest BCUT2D eigenvalue weighted by Gasteiger charge is -2.32. The standard InChI is InChI=1S/C23H22F2N2O2/c1-14(28)18-3-2-4-19-17(13-20(29)23(24,25)22(18)19)11-15-5-7-16(8-6-15)12-21-26-9-10-27-21/h2-10,14,17,21,28H,11-13H2,1H3/t14-,17?/m0/s1. The number of nitrogens with zero attached hydrogens (tertiary/aromatic N) is 2. The van der Waals surface area contributed by atoms with Crippen LogP contribution in [0.4, 0.5) is 8.78 Å². The summed E-state index contributed by atoms with van der Waals surface area (Å²) < 4.78 is 29.4. The van der Waals surface area contributed by atoms with Crippen LogP contribution in [0.3, 0.4) is 0 Å². The molecule has 0 spiro atoms. The number of rotatable bonds is 5. The van der Waals surface area contributed by atoms with Crippen LogP contribution in [0.2, 0.25) is 0 Å². The zero-order chi connectivity index (χ0) is 20.6. The molecule has 0 radical (unpaired) electrons. The van der Waals surface area contributed by atoms with Gasteiger partial charge in [0.15, 0.2) is 0 Å². The summed E-state index contributed by atoms with van der Waals surface area (Å²) in [6.45, 7) is 1.44.